The number of aromatic nitrogens is 1. The molecule has 0 spiro atoms. The summed E-state index contributed by atoms with van der Waals surface area (Å²) in [4.78, 5) is 26.4. The summed E-state index contributed by atoms with van der Waals surface area (Å²) in [6, 6.07) is 26.1. The van der Waals surface area contributed by atoms with Gasteiger partial charge in [-0.05, 0) is 72.7 Å². The van der Waals surface area contributed by atoms with Crippen LogP contribution >= 0.6 is 0 Å². The van der Waals surface area contributed by atoms with Gasteiger partial charge in [-0.3, -0.25) is 9.59 Å². The van der Waals surface area contributed by atoms with Gasteiger partial charge < -0.3 is 9.88 Å². The zero-order chi connectivity index (χ0) is 34.1. The average molecular weight is 627 g/mol. The molecule has 0 radical (unpaired) electrons. The van der Waals surface area contributed by atoms with Crippen LogP contribution in [-0.2, 0) is 11.3 Å². The number of Topliss-reactive ketones (excluding diaryl/α,β-unsaturated/α-hetero) is 1. The van der Waals surface area contributed by atoms with Crippen LogP contribution in [-0.4, -0.2) is 16.3 Å². The minimum Gasteiger partial charge on any atom is -0.343 e. The number of carbonyl (C=O) groups is 2. The number of amides is 1. The Hall–Kier alpha value is -3.99. The van der Waals surface area contributed by atoms with Gasteiger partial charge in [-0.15, -0.1) is 0 Å². The Kier molecular flexibility index (Phi) is 16.8. The number of nitrogens with one attached hydrogen (secondary N) is 1. The second kappa shape index (κ2) is 20.2. The van der Waals surface area contributed by atoms with Gasteiger partial charge >= 0.3 is 0 Å². The zero-order valence-electron chi connectivity index (χ0n) is 29.3. The molecule has 1 amide bonds. The maximum Gasteiger partial charge on any atom is 0.258 e. The number of para-hydroxylation sites is 1. The fraction of sp³-hybridized carbons (Fsp3) is 0.415. The summed E-state index contributed by atoms with van der Waals surface area (Å²) >= 11 is 0. The van der Waals surface area contributed by atoms with Gasteiger partial charge in [-0.25, -0.2) is 4.39 Å². The molecule has 46 heavy (non-hydrogen) atoms. The third-order valence-corrected chi connectivity index (χ3v) is 8.01. The lowest BCUT2D eigenvalue weighted by Crippen LogP contribution is -2.16. The SMILES string of the molecule is CC.CC.CCC(C)C(=O)CCCCCCn1c(-c2ccc(F)cc2)c(-c2ccccc2)c(C(=O)Nc2ccccc2)c1C(C)C. The average Bonchev–Trinajstić information content (AvgIpc) is 3.44. The monoisotopic (exact) mass is 626 g/mol. The summed E-state index contributed by atoms with van der Waals surface area (Å²) in [5.74, 6) is 0.0933. The summed E-state index contributed by atoms with van der Waals surface area (Å²) in [6.45, 7) is 17.0. The highest BCUT2D eigenvalue weighted by molar-refractivity contribution is 6.12. The predicted molar refractivity (Wildman–Crippen MR) is 194 cm³/mol. The molecule has 1 heterocycles. The Morgan fingerprint density at radius 1 is 0.739 bits per heavy atom. The van der Waals surface area contributed by atoms with Crippen LogP contribution < -0.4 is 5.32 Å². The molecule has 4 rings (SSSR count). The molecule has 5 heteroatoms. The lowest BCUT2D eigenvalue weighted by molar-refractivity contribution is -0.122. The standard InChI is InChI=1S/C37H43FN2O2.2C2H6/c1-5-27(4)32(41)20-14-6-7-15-25-40-35(26(2)3)34(37(42)39-31-18-12-9-13-19-31)33(28-16-10-8-11-17-28)36(40)29-21-23-30(38)24-22-29;2*1-2/h8-13,16-19,21-24,26-27H,5-7,14-15,20,25H2,1-4H3,(H,39,42);2*1-2H3. The zero-order valence-corrected chi connectivity index (χ0v) is 29.3. The van der Waals surface area contributed by atoms with Crippen molar-refractivity contribution in [2.45, 2.75) is 106 Å². The third-order valence-electron chi connectivity index (χ3n) is 8.01. The summed E-state index contributed by atoms with van der Waals surface area (Å²) in [6.07, 6.45) is 5.31. The molecule has 0 saturated carbocycles. The molecule has 1 unspecified atom stereocenters. The fourth-order valence-electron chi connectivity index (χ4n) is 5.60. The van der Waals surface area contributed by atoms with E-state index in [0.717, 1.165) is 72.4 Å². The second-order valence-corrected chi connectivity index (χ2v) is 11.4. The molecule has 3 aromatic carbocycles. The Balaban J connectivity index is 0.00000177. The van der Waals surface area contributed by atoms with Crippen molar-refractivity contribution in [2.24, 2.45) is 5.92 Å². The maximum atomic E-state index is 14.1. The van der Waals surface area contributed by atoms with Crippen molar-refractivity contribution in [3.63, 3.8) is 0 Å². The van der Waals surface area contributed by atoms with Gasteiger partial charge in [0.25, 0.3) is 5.91 Å². The lowest BCUT2D eigenvalue weighted by Gasteiger charge is -2.17. The first-order valence-electron chi connectivity index (χ1n) is 17.3. The molecule has 4 aromatic rings. The molecule has 0 aliphatic rings. The van der Waals surface area contributed by atoms with Crippen molar-refractivity contribution in [3.05, 3.63) is 102 Å². The first-order valence-corrected chi connectivity index (χ1v) is 17.3. The lowest BCUT2D eigenvalue weighted by atomic mass is 9.94. The molecular formula is C41H55FN2O2. The number of hydrogen-bond donors (Lipinski definition) is 1. The van der Waals surface area contributed by atoms with Gasteiger partial charge in [-0.1, -0.05) is 117 Å². The van der Waals surface area contributed by atoms with Crippen molar-refractivity contribution >= 4 is 17.4 Å². The second-order valence-electron chi connectivity index (χ2n) is 11.4. The van der Waals surface area contributed by atoms with Gasteiger partial charge in [-0.2, -0.15) is 0 Å². The number of ketones is 1. The molecule has 0 aliphatic carbocycles. The van der Waals surface area contributed by atoms with E-state index in [0.29, 0.717) is 17.8 Å². The number of unbranched alkanes of at least 4 members (excludes halogenated alkanes) is 3. The van der Waals surface area contributed by atoms with E-state index in [1.807, 2.05) is 95.3 Å². The molecule has 4 nitrogen and oxygen atoms in total. The molecule has 0 fully saturated rings. The van der Waals surface area contributed by atoms with Crippen LogP contribution in [0.2, 0.25) is 0 Å². The molecule has 248 valence electrons. The van der Waals surface area contributed by atoms with E-state index < -0.39 is 0 Å². The van der Waals surface area contributed by atoms with Crippen LogP contribution in [0.5, 0.6) is 0 Å². The number of halogens is 1. The van der Waals surface area contributed by atoms with E-state index in [9.17, 15) is 14.0 Å². The van der Waals surface area contributed by atoms with Gasteiger partial charge in [0, 0.05) is 35.8 Å². The van der Waals surface area contributed by atoms with Crippen LogP contribution in [0, 0.1) is 11.7 Å². The summed E-state index contributed by atoms with van der Waals surface area (Å²) < 4.78 is 16.3. The normalized spacial score (nSPS) is 11.2. The molecule has 0 saturated heterocycles. The largest absolute Gasteiger partial charge is 0.343 e. The first kappa shape index (κ1) is 38.2. The van der Waals surface area contributed by atoms with Crippen LogP contribution in [0.15, 0.2) is 84.9 Å². The highest BCUT2D eigenvalue weighted by atomic mass is 19.1. The maximum absolute atomic E-state index is 14.1. The Labute approximate surface area is 277 Å². The Bertz CT molecular complexity index is 1460. The molecule has 1 aromatic heterocycles. The number of anilines is 1. The van der Waals surface area contributed by atoms with Crippen molar-refractivity contribution in [2.75, 3.05) is 5.32 Å². The van der Waals surface area contributed by atoms with Crippen molar-refractivity contribution in [3.8, 4) is 22.4 Å². The summed E-state index contributed by atoms with van der Waals surface area (Å²) in [5.41, 5.74) is 5.95. The van der Waals surface area contributed by atoms with Crippen LogP contribution in [0.1, 0.15) is 116 Å². The van der Waals surface area contributed by atoms with Crippen LogP contribution in [0.3, 0.4) is 0 Å². The summed E-state index contributed by atoms with van der Waals surface area (Å²) in [7, 11) is 0. The molecular weight excluding hydrogens is 571 g/mol. The molecule has 1 N–H and O–H groups in total. The number of nitrogens with zero attached hydrogens (tertiary/aromatic N) is 1. The van der Waals surface area contributed by atoms with E-state index >= 15 is 0 Å². The smallest absolute Gasteiger partial charge is 0.258 e. The van der Waals surface area contributed by atoms with E-state index in [1.165, 1.54) is 12.1 Å². The third kappa shape index (κ3) is 10.3. The summed E-state index contributed by atoms with van der Waals surface area (Å²) in [5, 5.41) is 3.13. The topological polar surface area (TPSA) is 51.1 Å². The van der Waals surface area contributed by atoms with Crippen LogP contribution in [0.4, 0.5) is 10.1 Å². The Morgan fingerprint density at radius 2 is 1.30 bits per heavy atom. The Morgan fingerprint density at radius 3 is 1.87 bits per heavy atom. The van der Waals surface area contributed by atoms with E-state index in [1.54, 1.807) is 12.1 Å². The number of carbonyl (C=O) groups excluding carboxylic acids is 2. The fourth-order valence-corrected chi connectivity index (χ4v) is 5.60. The molecule has 1 atom stereocenters. The number of benzene rings is 3. The van der Waals surface area contributed by atoms with Gasteiger partial charge in [0.2, 0.25) is 0 Å². The van der Waals surface area contributed by atoms with Gasteiger partial charge in [0.05, 0.1) is 11.3 Å². The highest BCUT2D eigenvalue weighted by Gasteiger charge is 2.30. The number of hydrogen-bond acceptors (Lipinski definition) is 2. The van der Waals surface area contributed by atoms with E-state index in [2.05, 4.69) is 30.7 Å². The quantitative estimate of drug-likeness (QED) is 0.142. The number of rotatable bonds is 14. The van der Waals surface area contributed by atoms with Gasteiger partial charge in [0.15, 0.2) is 0 Å². The molecule has 0 bridgehead atoms. The van der Waals surface area contributed by atoms with E-state index in [4.69, 9.17) is 0 Å². The van der Waals surface area contributed by atoms with Crippen LogP contribution in [0.25, 0.3) is 22.4 Å². The van der Waals surface area contributed by atoms with E-state index in [-0.39, 0.29) is 23.6 Å². The van der Waals surface area contributed by atoms with Gasteiger partial charge in [0.1, 0.15) is 11.6 Å². The van der Waals surface area contributed by atoms with Crippen molar-refractivity contribution in [1.29, 1.82) is 0 Å². The minimum absolute atomic E-state index is 0.0614. The highest BCUT2D eigenvalue weighted by Crippen LogP contribution is 2.42. The molecule has 0 aliphatic heterocycles. The minimum atomic E-state index is -0.295. The predicted octanol–water partition coefficient (Wildman–Crippen LogP) is 12.0. The first-order chi connectivity index (χ1) is 22.3. The van der Waals surface area contributed by atoms with Crippen molar-refractivity contribution < 1.29 is 14.0 Å². The van der Waals surface area contributed by atoms with Crippen molar-refractivity contribution in [1.82, 2.24) is 4.57 Å².